The maximum absolute atomic E-state index is 11.6. The summed E-state index contributed by atoms with van der Waals surface area (Å²) in [5, 5.41) is 9.22. The normalized spacial score (nSPS) is 11.2. The number of Topliss-reactive ketones (excluding diaryl/α,β-unsaturated/α-hetero) is 1. The molecule has 6 heteroatoms. The molecule has 0 saturated heterocycles. The third kappa shape index (κ3) is 4.54. The number of hydrogen-bond acceptors (Lipinski definition) is 2. The molecule has 0 radical (unpaired) electrons. The van der Waals surface area contributed by atoms with Gasteiger partial charge in [-0.3, -0.25) is 4.79 Å². The van der Waals surface area contributed by atoms with Gasteiger partial charge in [-0.1, -0.05) is 46.9 Å². The smallest absolute Gasteiger partial charge is 0.340 e. The molecule has 17 heavy (non-hydrogen) atoms. The number of aliphatic carboxylic acids is 1. The highest BCUT2D eigenvalue weighted by Crippen LogP contribution is 2.26. The minimum atomic E-state index is -2.07. The van der Waals surface area contributed by atoms with Gasteiger partial charge in [-0.05, 0) is 17.7 Å². The largest absolute Gasteiger partial charge is 0.479 e. The molecule has 0 unspecified atom stereocenters. The van der Waals surface area contributed by atoms with Crippen LogP contribution >= 0.6 is 34.8 Å². The molecule has 3 nitrogen and oxygen atoms in total. The van der Waals surface area contributed by atoms with Gasteiger partial charge in [0.15, 0.2) is 0 Å². The molecular weight excluding hydrogens is 286 g/mol. The van der Waals surface area contributed by atoms with Crippen LogP contribution in [0.4, 0.5) is 0 Å². The van der Waals surface area contributed by atoms with Crippen LogP contribution in [0.15, 0.2) is 24.3 Å². The Morgan fingerprint density at radius 2 is 1.71 bits per heavy atom. The molecule has 92 valence electrons. The highest BCUT2D eigenvalue weighted by atomic mass is 35.5. The Morgan fingerprint density at radius 3 is 2.18 bits per heavy atom. The van der Waals surface area contributed by atoms with E-state index in [4.69, 9.17) is 39.9 Å². The number of rotatable bonds is 5. The summed E-state index contributed by atoms with van der Waals surface area (Å²) in [6.07, 6.45) is -0.361. The number of ketones is 1. The van der Waals surface area contributed by atoms with Gasteiger partial charge in [0.1, 0.15) is 5.78 Å². The van der Waals surface area contributed by atoms with Gasteiger partial charge in [-0.2, -0.15) is 0 Å². The van der Waals surface area contributed by atoms with E-state index >= 15 is 0 Å². The molecule has 0 aliphatic rings. The number of halogens is 3. The second kappa shape index (κ2) is 5.71. The summed E-state index contributed by atoms with van der Waals surface area (Å²) in [6, 6.07) is 6.67. The first kappa shape index (κ1) is 14.3. The average Bonchev–Trinajstić information content (AvgIpc) is 2.20. The van der Waals surface area contributed by atoms with Gasteiger partial charge in [-0.15, -0.1) is 0 Å². The number of hydrogen-bond donors (Lipinski definition) is 1. The monoisotopic (exact) mass is 294 g/mol. The van der Waals surface area contributed by atoms with Crippen molar-refractivity contribution in [3.8, 4) is 0 Å². The first-order valence-electron chi connectivity index (χ1n) is 4.68. The van der Waals surface area contributed by atoms with Crippen molar-refractivity contribution in [3.05, 3.63) is 34.9 Å². The number of carbonyl (C=O) groups excluding carboxylic acids is 1. The van der Waals surface area contributed by atoms with Crippen molar-refractivity contribution in [2.45, 2.75) is 17.2 Å². The molecule has 0 amide bonds. The van der Waals surface area contributed by atoms with Crippen molar-refractivity contribution in [1.82, 2.24) is 0 Å². The molecule has 0 aromatic heterocycles. The second-order valence-electron chi connectivity index (χ2n) is 3.53. The number of carbonyl (C=O) groups is 2. The molecule has 1 N–H and O–H groups in total. The third-order valence-electron chi connectivity index (χ3n) is 2.05. The van der Waals surface area contributed by atoms with Gasteiger partial charge in [0.05, 0.1) is 6.42 Å². The van der Waals surface area contributed by atoms with Crippen LogP contribution in [-0.4, -0.2) is 21.2 Å². The van der Waals surface area contributed by atoms with Crippen molar-refractivity contribution in [2.24, 2.45) is 0 Å². The topological polar surface area (TPSA) is 54.4 Å². The zero-order valence-electron chi connectivity index (χ0n) is 8.62. The minimum Gasteiger partial charge on any atom is -0.479 e. The fourth-order valence-electron chi connectivity index (χ4n) is 1.22. The molecule has 0 spiro atoms. The van der Waals surface area contributed by atoms with Gasteiger partial charge in [0.25, 0.3) is 0 Å². The Morgan fingerprint density at radius 1 is 1.18 bits per heavy atom. The van der Waals surface area contributed by atoms with E-state index in [1.165, 1.54) is 0 Å². The molecule has 1 aromatic carbocycles. The van der Waals surface area contributed by atoms with Gasteiger partial charge in [0.2, 0.25) is 4.33 Å². The molecule has 0 aliphatic heterocycles. The van der Waals surface area contributed by atoms with Gasteiger partial charge >= 0.3 is 5.97 Å². The SMILES string of the molecule is O=C(Cc1ccc(Cl)cc1)CC(Cl)(Cl)C(=O)O. The lowest BCUT2D eigenvalue weighted by Gasteiger charge is -2.12. The Bertz CT molecular complexity index is 426. The highest BCUT2D eigenvalue weighted by Gasteiger charge is 2.35. The van der Waals surface area contributed by atoms with E-state index in [2.05, 4.69) is 0 Å². The quantitative estimate of drug-likeness (QED) is 0.849. The standard InChI is InChI=1S/C11H9Cl3O3/c12-8-3-1-7(2-4-8)5-9(15)6-11(13,14)10(16)17/h1-4H,5-6H2,(H,16,17). The lowest BCUT2D eigenvalue weighted by molar-refractivity contribution is -0.139. The average molecular weight is 296 g/mol. The Labute approximate surface area is 113 Å². The van der Waals surface area contributed by atoms with Crippen LogP contribution in [0.5, 0.6) is 0 Å². The van der Waals surface area contributed by atoms with Crippen LogP contribution < -0.4 is 0 Å². The van der Waals surface area contributed by atoms with Crippen molar-refractivity contribution in [2.75, 3.05) is 0 Å². The predicted octanol–water partition coefficient (Wildman–Crippen LogP) is 3.10. The molecule has 1 aromatic rings. The molecule has 0 bridgehead atoms. The summed E-state index contributed by atoms with van der Waals surface area (Å²) in [5.74, 6) is -1.77. The van der Waals surface area contributed by atoms with Crippen LogP contribution in [0.2, 0.25) is 5.02 Å². The summed E-state index contributed by atoms with van der Waals surface area (Å²) >= 11 is 16.7. The van der Waals surface area contributed by atoms with E-state index in [0.717, 1.165) is 5.56 Å². The molecule has 0 aliphatic carbocycles. The Hall–Kier alpha value is -0.770. The molecule has 1 rings (SSSR count). The summed E-state index contributed by atoms with van der Waals surface area (Å²) < 4.78 is -2.07. The lowest BCUT2D eigenvalue weighted by atomic mass is 10.1. The Kier molecular flexibility index (Phi) is 4.80. The molecule has 0 heterocycles. The van der Waals surface area contributed by atoms with Crippen LogP contribution in [0.3, 0.4) is 0 Å². The molecular formula is C11H9Cl3O3. The number of carboxylic acid groups (broad SMARTS) is 1. The molecule has 0 saturated carbocycles. The Balaban J connectivity index is 2.62. The fourth-order valence-corrected chi connectivity index (χ4v) is 1.64. The maximum Gasteiger partial charge on any atom is 0.340 e. The third-order valence-corrected chi connectivity index (χ3v) is 2.89. The number of carboxylic acids is 1. The van der Waals surface area contributed by atoms with Crippen LogP contribution in [-0.2, 0) is 16.0 Å². The van der Waals surface area contributed by atoms with Crippen molar-refractivity contribution in [1.29, 1.82) is 0 Å². The fraction of sp³-hybridized carbons (Fsp3) is 0.273. The zero-order valence-corrected chi connectivity index (χ0v) is 10.9. The summed E-state index contributed by atoms with van der Waals surface area (Å²) in [6.45, 7) is 0. The first-order valence-corrected chi connectivity index (χ1v) is 5.82. The van der Waals surface area contributed by atoms with Crippen LogP contribution in [0.25, 0.3) is 0 Å². The van der Waals surface area contributed by atoms with Gasteiger partial charge in [-0.25, -0.2) is 4.79 Å². The zero-order chi connectivity index (χ0) is 13.1. The van der Waals surface area contributed by atoms with E-state index < -0.39 is 16.7 Å². The van der Waals surface area contributed by atoms with Gasteiger partial charge < -0.3 is 5.11 Å². The van der Waals surface area contributed by atoms with Crippen LogP contribution in [0.1, 0.15) is 12.0 Å². The molecule has 0 fully saturated rings. The van der Waals surface area contributed by atoms with Crippen LogP contribution in [0, 0.1) is 0 Å². The summed E-state index contributed by atoms with van der Waals surface area (Å²) in [5.41, 5.74) is 0.730. The van der Waals surface area contributed by atoms with Crippen molar-refractivity contribution >= 4 is 46.6 Å². The van der Waals surface area contributed by atoms with E-state index in [1.54, 1.807) is 24.3 Å². The first-order chi connectivity index (χ1) is 7.81. The predicted molar refractivity (Wildman–Crippen MR) is 66.9 cm³/mol. The van der Waals surface area contributed by atoms with Gasteiger partial charge in [0, 0.05) is 11.4 Å². The van der Waals surface area contributed by atoms with Crippen molar-refractivity contribution in [3.63, 3.8) is 0 Å². The van der Waals surface area contributed by atoms with E-state index in [1.807, 2.05) is 0 Å². The molecule has 0 atom stereocenters. The number of alkyl halides is 2. The maximum atomic E-state index is 11.6. The highest BCUT2D eigenvalue weighted by molar-refractivity contribution is 6.58. The number of benzene rings is 1. The van der Waals surface area contributed by atoms with E-state index in [-0.39, 0.29) is 12.2 Å². The summed E-state index contributed by atoms with van der Waals surface area (Å²) in [4.78, 5) is 22.2. The lowest BCUT2D eigenvalue weighted by Crippen LogP contribution is -2.29. The second-order valence-corrected chi connectivity index (χ2v) is 5.45. The van der Waals surface area contributed by atoms with Crippen molar-refractivity contribution < 1.29 is 14.7 Å². The minimum absolute atomic E-state index is 0.0750. The van der Waals surface area contributed by atoms with E-state index in [9.17, 15) is 9.59 Å². The summed E-state index contributed by atoms with van der Waals surface area (Å²) in [7, 11) is 0. The van der Waals surface area contributed by atoms with E-state index in [0.29, 0.717) is 5.02 Å².